The third kappa shape index (κ3) is 8.12. The average Bonchev–Trinajstić information content (AvgIpc) is 3.74. The zero-order chi connectivity index (χ0) is 31.8. The molecule has 4 aromatic rings. The monoisotopic (exact) mass is 647 g/mol. The largest absolute Gasteiger partial charge is 0.497 e. The predicted molar refractivity (Wildman–Crippen MR) is 175 cm³/mol. The summed E-state index contributed by atoms with van der Waals surface area (Å²) in [7, 11) is 1.60. The first-order valence-electron chi connectivity index (χ1n) is 15.0. The molecule has 1 aliphatic carbocycles. The number of benzene rings is 2. The number of esters is 1. The van der Waals surface area contributed by atoms with E-state index in [1.165, 1.54) is 23.1 Å². The number of thiophene rings is 1. The second-order valence-corrected chi connectivity index (χ2v) is 13.0. The molecule has 0 saturated carbocycles. The van der Waals surface area contributed by atoms with Gasteiger partial charge in [-0.3, -0.25) is 9.59 Å². The van der Waals surface area contributed by atoms with E-state index in [-0.39, 0.29) is 31.4 Å². The van der Waals surface area contributed by atoms with Gasteiger partial charge in [-0.2, -0.15) is 0 Å². The van der Waals surface area contributed by atoms with Crippen LogP contribution in [0.4, 0.5) is 5.00 Å². The molecule has 0 unspecified atom stereocenters. The molecule has 0 saturated heterocycles. The fourth-order valence-corrected chi connectivity index (χ4v) is 7.33. The second kappa shape index (κ2) is 15.2. The molecular weight excluding hydrogens is 611 g/mol. The number of ether oxygens (including phenoxy) is 2. The van der Waals surface area contributed by atoms with Crippen molar-refractivity contribution in [2.45, 2.75) is 69.4 Å². The van der Waals surface area contributed by atoms with Gasteiger partial charge in [0.1, 0.15) is 10.8 Å². The van der Waals surface area contributed by atoms with Crippen LogP contribution in [0.2, 0.25) is 0 Å². The van der Waals surface area contributed by atoms with E-state index in [2.05, 4.69) is 33.0 Å². The van der Waals surface area contributed by atoms with E-state index in [1.807, 2.05) is 47.0 Å². The number of carbonyl (C=O) groups excluding carboxylic acids is 3. The molecule has 236 valence electrons. The van der Waals surface area contributed by atoms with E-state index in [9.17, 15) is 14.4 Å². The van der Waals surface area contributed by atoms with Crippen LogP contribution in [0.1, 0.15) is 58.0 Å². The highest BCUT2D eigenvalue weighted by atomic mass is 32.2. The lowest BCUT2D eigenvalue weighted by molar-refractivity contribution is -0.120. The summed E-state index contributed by atoms with van der Waals surface area (Å²) < 4.78 is 12.5. The normalized spacial score (nSPS) is 12.8. The molecule has 2 N–H and O–H groups in total. The number of rotatable bonds is 14. The number of nitrogens with zero attached hydrogens (tertiary/aromatic N) is 3. The minimum Gasteiger partial charge on any atom is -0.497 e. The van der Waals surface area contributed by atoms with Crippen molar-refractivity contribution >= 4 is 45.9 Å². The summed E-state index contributed by atoms with van der Waals surface area (Å²) in [5.41, 5.74) is 3.50. The van der Waals surface area contributed by atoms with Crippen LogP contribution >= 0.6 is 23.1 Å². The third-order valence-electron chi connectivity index (χ3n) is 7.52. The highest BCUT2D eigenvalue weighted by Gasteiger charge is 2.30. The molecule has 2 heterocycles. The van der Waals surface area contributed by atoms with Crippen molar-refractivity contribution in [2.75, 3.05) is 19.0 Å². The highest BCUT2D eigenvalue weighted by molar-refractivity contribution is 8.00. The Hall–Kier alpha value is -4.16. The summed E-state index contributed by atoms with van der Waals surface area (Å²) in [6, 6.07) is 17.5. The van der Waals surface area contributed by atoms with Crippen molar-refractivity contribution in [3.8, 4) is 5.75 Å². The second-order valence-electron chi connectivity index (χ2n) is 10.6. The van der Waals surface area contributed by atoms with Gasteiger partial charge in [-0.15, -0.1) is 21.5 Å². The fraction of sp³-hybridized carbons (Fsp3) is 0.364. The topological polar surface area (TPSA) is 124 Å². The van der Waals surface area contributed by atoms with E-state index in [4.69, 9.17) is 9.47 Å². The molecule has 1 atom stereocenters. The first-order valence-corrected chi connectivity index (χ1v) is 16.7. The highest BCUT2D eigenvalue weighted by Crippen LogP contribution is 2.40. The summed E-state index contributed by atoms with van der Waals surface area (Å²) in [6.07, 6.45) is 3.65. The molecule has 0 bridgehead atoms. The summed E-state index contributed by atoms with van der Waals surface area (Å²) in [5, 5.41) is 15.3. The van der Waals surface area contributed by atoms with Gasteiger partial charge in [0.15, 0.2) is 11.0 Å². The summed E-state index contributed by atoms with van der Waals surface area (Å²) in [6.45, 7) is 4.61. The predicted octanol–water partition coefficient (Wildman–Crippen LogP) is 5.23. The molecule has 2 aromatic carbocycles. The van der Waals surface area contributed by atoms with Gasteiger partial charge >= 0.3 is 5.97 Å². The number of nitrogens with one attached hydrogen (secondary N) is 2. The van der Waals surface area contributed by atoms with E-state index >= 15 is 0 Å². The minimum absolute atomic E-state index is 0.139. The Labute approximate surface area is 270 Å². The first-order chi connectivity index (χ1) is 21.9. The van der Waals surface area contributed by atoms with Crippen LogP contribution < -0.4 is 15.4 Å². The smallest absolute Gasteiger partial charge is 0.341 e. The quantitative estimate of drug-likeness (QED) is 0.141. The van der Waals surface area contributed by atoms with Crippen LogP contribution in [0.5, 0.6) is 5.75 Å². The molecule has 2 aromatic heterocycles. The molecular formula is C33H37N5O5S2. The SMILES string of the molecule is CCOC(=O)c1c(NC(=O)[C@@H](C)Sc2nnc(CNC(=O)Cc3ccc(OC)cc3)n2CCc2ccccc2)sc2c1CCC2. The van der Waals surface area contributed by atoms with Gasteiger partial charge in [0.2, 0.25) is 11.8 Å². The molecule has 0 aliphatic heterocycles. The molecule has 45 heavy (non-hydrogen) atoms. The van der Waals surface area contributed by atoms with E-state index in [0.29, 0.717) is 28.1 Å². The summed E-state index contributed by atoms with van der Waals surface area (Å²) in [5.74, 6) is 0.560. The number of aryl methyl sites for hydroxylation is 2. The Morgan fingerprint density at radius 3 is 2.56 bits per heavy atom. The maximum Gasteiger partial charge on any atom is 0.341 e. The Balaban J connectivity index is 1.28. The zero-order valence-electron chi connectivity index (χ0n) is 25.6. The molecule has 1 aliphatic rings. The molecule has 0 spiro atoms. The van der Waals surface area contributed by atoms with Crippen molar-refractivity contribution in [1.29, 1.82) is 0 Å². The number of methoxy groups -OCH3 is 1. The van der Waals surface area contributed by atoms with Crippen LogP contribution in [0, 0.1) is 0 Å². The van der Waals surface area contributed by atoms with Gasteiger partial charge < -0.3 is 24.7 Å². The Bertz CT molecular complexity index is 1640. The minimum atomic E-state index is -0.533. The van der Waals surface area contributed by atoms with Crippen molar-refractivity contribution in [3.05, 3.63) is 87.6 Å². The maximum atomic E-state index is 13.4. The Morgan fingerprint density at radius 2 is 1.82 bits per heavy atom. The third-order valence-corrected chi connectivity index (χ3v) is 9.80. The standard InChI is InChI=1S/C33H37N5O5S2/c1-4-43-32(41)29-25-11-8-12-26(25)45-31(29)35-30(40)21(2)44-33-37-36-27(38(33)18-17-22-9-6-5-7-10-22)20-34-28(39)19-23-13-15-24(42-3)16-14-23/h5-7,9-10,13-16,21H,4,8,11-12,17-20H2,1-3H3,(H,34,39)(H,35,40)/t21-/m1/s1. The van der Waals surface area contributed by atoms with Gasteiger partial charge in [0.05, 0.1) is 37.5 Å². The van der Waals surface area contributed by atoms with Crippen LogP contribution in [-0.4, -0.2) is 51.5 Å². The number of hydrogen-bond acceptors (Lipinski definition) is 9. The van der Waals surface area contributed by atoms with Crippen LogP contribution in [0.15, 0.2) is 59.8 Å². The molecule has 0 fully saturated rings. The van der Waals surface area contributed by atoms with Crippen LogP contribution in [0.25, 0.3) is 0 Å². The average molecular weight is 648 g/mol. The number of fused-ring (bicyclic) bond motifs is 1. The molecule has 0 radical (unpaired) electrons. The molecule has 12 heteroatoms. The van der Waals surface area contributed by atoms with E-state index < -0.39 is 11.2 Å². The van der Waals surface area contributed by atoms with Crippen LogP contribution in [-0.2, 0) is 53.1 Å². The van der Waals surface area contributed by atoms with E-state index in [0.717, 1.165) is 53.0 Å². The number of thioether (sulfide) groups is 1. The number of carbonyl (C=O) groups is 3. The van der Waals surface area contributed by atoms with Crippen LogP contribution in [0.3, 0.4) is 0 Å². The number of hydrogen-bond donors (Lipinski definition) is 2. The number of anilines is 1. The number of aromatic nitrogens is 3. The first kappa shape index (κ1) is 32.2. The van der Waals surface area contributed by atoms with Gasteiger partial charge in [-0.25, -0.2) is 4.79 Å². The van der Waals surface area contributed by atoms with Crippen molar-refractivity contribution in [1.82, 2.24) is 20.1 Å². The maximum absolute atomic E-state index is 13.4. The number of amides is 2. The zero-order valence-corrected chi connectivity index (χ0v) is 27.3. The lowest BCUT2D eigenvalue weighted by Crippen LogP contribution is -2.27. The molecule has 5 rings (SSSR count). The fourth-order valence-electron chi connectivity index (χ4n) is 5.15. The lowest BCUT2D eigenvalue weighted by atomic mass is 10.1. The van der Waals surface area contributed by atoms with Crippen molar-refractivity contribution in [3.63, 3.8) is 0 Å². The van der Waals surface area contributed by atoms with Crippen molar-refractivity contribution < 1.29 is 23.9 Å². The van der Waals surface area contributed by atoms with Gasteiger partial charge in [-0.1, -0.05) is 54.2 Å². The summed E-state index contributed by atoms with van der Waals surface area (Å²) >= 11 is 2.75. The van der Waals surface area contributed by atoms with E-state index in [1.54, 1.807) is 21.0 Å². The molecule has 2 amide bonds. The summed E-state index contributed by atoms with van der Waals surface area (Å²) in [4.78, 5) is 40.1. The Kier molecular flexibility index (Phi) is 10.9. The van der Waals surface area contributed by atoms with Gasteiger partial charge in [0, 0.05) is 11.4 Å². The Morgan fingerprint density at radius 1 is 1.04 bits per heavy atom. The van der Waals surface area contributed by atoms with Gasteiger partial charge in [-0.05, 0) is 68.4 Å². The van der Waals surface area contributed by atoms with Gasteiger partial charge in [0.25, 0.3) is 0 Å². The van der Waals surface area contributed by atoms with Crippen molar-refractivity contribution in [2.24, 2.45) is 0 Å². The lowest BCUT2D eigenvalue weighted by Gasteiger charge is -2.14. The molecule has 10 nitrogen and oxygen atoms in total.